The maximum atomic E-state index is 13.4. The molecule has 32 heavy (non-hydrogen) atoms. The van der Waals surface area contributed by atoms with Gasteiger partial charge in [0.05, 0.1) is 17.7 Å². The molecule has 0 radical (unpaired) electrons. The maximum Gasteiger partial charge on any atom is 0.343 e. The summed E-state index contributed by atoms with van der Waals surface area (Å²) in [5.41, 5.74) is 1.94. The van der Waals surface area contributed by atoms with Crippen molar-refractivity contribution >= 4 is 33.8 Å². The summed E-state index contributed by atoms with van der Waals surface area (Å²) < 4.78 is 36.1. The predicted molar refractivity (Wildman–Crippen MR) is 115 cm³/mol. The molecular formula is C24H14BrFO6. The van der Waals surface area contributed by atoms with E-state index in [1.54, 1.807) is 6.08 Å². The van der Waals surface area contributed by atoms with Gasteiger partial charge in [-0.1, -0.05) is 22.0 Å². The van der Waals surface area contributed by atoms with Crippen LogP contribution in [0.25, 0.3) is 6.08 Å². The van der Waals surface area contributed by atoms with E-state index in [4.69, 9.17) is 18.9 Å². The van der Waals surface area contributed by atoms with Crippen molar-refractivity contribution in [3.8, 4) is 17.2 Å². The van der Waals surface area contributed by atoms with Gasteiger partial charge in [0.25, 0.3) is 0 Å². The van der Waals surface area contributed by atoms with Gasteiger partial charge in [0.1, 0.15) is 23.1 Å². The first-order chi connectivity index (χ1) is 15.5. The summed E-state index contributed by atoms with van der Waals surface area (Å²) in [7, 11) is 0. The van der Waals surface area contributed by atoms with Crippen molar-refractivity contribution in [2.45, 2.75) is 6.61 Å². The van der Waals surface area contributed by atoms with Crippen molar-refractivity contribution < 1.29 is 32.9 Å². The minimum atomic E-state index is -0.718. The molecule has 2 aliphatic rings. The number of rotatable bonds is 3. The molecule has 0 saturated carbocycles. The van der Waals surface area contributed by atoms with Gasteiger partial charge in [-0.25, -0.2) is 9.18 Å². The number of fused-ring (bicyclic) bond motifs is 2. The third-order valence-corrected chi connectivity index (χ3v) is 5.36. The Bertz CT molecular complexity index is 1300. The van der Waals surface area contributed by atoms with E-state index < -0.39 is 11.8 Å². The molecule has 0 aliphatic carbocycles. The highest BCUT2D eigenvalue weighted by Gasteiger charge is 2.29. The van der Waals surface area contributed by atoms with Gasteiger partial charge in [-0.2, -0.15) is 0 Å². The lowest BCUT2D eigenvalue weighted by Gasteiger charge is -2.20. The third kappa shape index (κ3) is 3.90. The van der Waals surface area contributed by atoms with E-state index >= 15 is 0 Å². The Kier molecular flexibility index (Phi) is 5.24. The lowest BCUT2D eigenvalue weighted by molar-refractivity contribution is -0.0165. The number of ketones is 1. The van der Waals surface area contributed by atoms with E-state index in [1.165, 1.54) is 36.4 Å². The molecule has 6 nitrogen and oxygen atoms in total. The first-order valence-corrected chi connectivity index (χ1v) is 10.4. The van der Waals surface area contributed by atoms with E-state index in [1.807, 2.05) is 12.1 Å². The molecule has 3 aromatic rings. The highest BCUT2D eigenvalue weighted by atomic mass is 79.9. The van der Waals surface area contributed by atoms with Gasteiger partial charge < -0.3 is 18.9 Å². The van der Waals surface area contributed by atoms with Crippen LogP contribution in [0.15, 0.2) is 64.8 Å². The lowest BCUT2D eigenvalue weighted by Crippen LogP contribution is -2.12. The molecule has 2 aliphatic heterocycles. The summed E-state index contributed by atoms with van der Waals surface area (Å²) >= 11 is 3.45. The quantitative estimate of drug-likeness (QED) is 0.278. The molecule has 0 N–H and O–H groups in total. The minimum absolute atomic E-state index is 0.0754. The van der Waals surface area contributed by atoms with Crippen molar-refractivity contribution in [3.63, 3.8) is 0 Å². The number of carbonyl (C=O) groups is 2. The third-order valence-electron chi connectivity index (χ3n) is 4.90. The molecule has 160 valence electrons. The lowest BCUT2D eigenvalue weighted by atomic mass is 10.1. The van der Waals surface area contributed by atoms with Crippen LogP contribution < -0.4 is 14.2 Å². The normalized spacial score (nSPS) is 15.6. The van der Waals surface area contributed by atoms with Crippen molar-refractivity contribution in [2.24, 2.45) is 0 Å². The molecule has 0 atom stereocenters. The van der Waals surface area contributed by atoms with E-state index in [0.717, 1.165) is 16.1 Å². The van der Waals surface area contributed by atoms with Crippen LogP contribution >= 0.6 is 15.9 Å². The molecule has 3 aromatic carbocycles. The van der Waals surface area contributed by atoms with Gasteiger partial charge >= 0.3 is 5.97 Å². The Hall–Kier alpha value is -3.49. The first-order valence-electron chi connectivity index (χ1n) is 9.57. The molecule has 0 fully saturated rings. The molecular weight excluding hydrogens is 483 g/mol. The number of hydrogen-bond donors (Lipinski definition) is 0. The van der Waals surface area contributed by atoms with Crippen molar-refractivity contribution in [1.82, 2.24) is 0 Å². The van der Waals surface area contributed by atoms with Crippen LogP contribution in [0.2, 0.25) is 0 Å². The van der Waals surface area contributed by atoms with Crippen molar-refractivity contribution in [1.29, 1.82) is 0 Å². The summed E-state index contributed by atoms with van der Waals surface area (Å²) in [4.78, 5) is 25.1. The highest BCUT2D eigenvalue weighted by molar-refractivity contribution is 9.10. The van der Waals surface area contributed by atoms with E-state index in [-0.39, 0.29) is 35.4 Å². The largest absolute Gasteiger partial charge is 0.467 e. The second-order valence-corrected chi connectivity index (χ2v) is 8.01. The number of Topliss-reactive ketones (excluding diaryl/α,β-unsaturated/α-hetero) is 1. The van der Waals surface area contributed by atoms with Gasteiger partial charge in [0, 0.05) is 21.7 Å². The Morgan fingerprint density at radius 3 is 2.84 bits per heavy atom. The fraction of sp³-hybridized carbons (Fsp3) is 0.0833. The number of allylic oxidation sites excluding steroid dienone is 1. The summed E-state index contributed by atoms with van der Waals surface area (Å²) in [5.74, 6) is -0.379. The van der Waals surface area contributed by atoms with Crippen LogP contribution in [0.1, 0.15) is 31.8 Å². The second kappa shape index (κ2) is 8.22. The Balaban J connectivity index is 1.41. The number of carbonyl (C=O) groups excluding carboxylic acids is 2. The second-order valence-electron chi connectivity index (χ2n) is 7.09. The Morgan fingerprint density at radius 2 is 2.00 bits per heavy atom. The average molecular weight is 497 g/mol. The van der Waals surface area contributed by atoms with Crippen LogP contribution in [0.4, 0.5) is 4.39 Å². The summed E-state index contributed by atoms with van der Waals surface area (Å²) in [5, 5.41) is 0. The number of hydrogen-bond acceptors (Lipinski definition) is 6. The Morgan fingerprint density at radius 1 is 1.12 bits per heavy atom. The summed E-state index contributed by atoms with van der Waals surface area (Å²) in [6.07, 6.45) is 1.61. The summed E-state index contributed by atoms with van der Waals surface area (Å²) in [6.45, 7) is 0.528. The van der Waals surface area contributed by atoms with Gasteiger partial charge in [-0.05, 0) is 48.5 Å². The van der Waals surface area contributed by atoms with Gasteiger partial charge in [-0.3, -0.25) is 4.79 Å². The van der Waals surface area contributed by atoms with E-state index in [0.29, 0.717) is 23.5 Å². The van der Waals surface area contributed by atoms with Gasteiger partial charge in [0.2, 0.25) is 5.78 Å². The standard InChI is InChI=1S/C24H14BrFO6/c25-16-6-14(23-15(7-16)11-29-12-30-23)9-21-22(27)19-5-4-18(10-20(19)32-21)31-24(28)13-2-1-3-17(26)8-13/h1-10H,11-12H2/b21-9-. The Labute approximate surface area is 190 Å². The topological polar surface area (TPSA) is 71.1 Å². The van der Waals surface area contributed by atoms with Crippen LogP contribution in [-0.2, 0) is 11.3 Å². The first kappa shape index (κ1) is 20.4. The zero-order chi connectivity index (χ0) is 22.2. The SMILES string of the molecule is O=C(Oc1ccc2c(c1)O/C(=C\c1cc(Br)cc3c1OCOC3)C2=O)c1cccc(F)c1. The zero-order valence-electron chi connectivity index (χ0n) is 16.4. The molecule has 0 unspecified atom stereocenters. The minimum Gasteiger partial charge on any atom is -0.467 e. The molecule has 8 heteroatoms. The molecule has 0 amide bonds. The van der Waals surface area contributed by atoms with Crippen LogP contribution in [0.5, 0.6) is 17.2 Å². The van der Waals surface area contributed by atoms with Crippen molar-refractivity contribution in [2.75, 3.05) is 6.79 Å². The number of halogens is 2. The summed E-state index contributed by atoms with van der Waals surface area (Å²) in [6, 6.07) is 13.4. The zero-order valence-corrected chi connectivity index (χ0v) is 18.0. The fourth-order valence-corrected chi connectivity index (χ4v) is 3.99. The predicted octanol–water partition coefficient (Wildman–Crippen LogP) is 5.29. The molecule has 0 saturated heterocycles. The number of benzene rings is 3. The van der Waals surface area contributed by atoms with E-state index in [9.17, 15) is 14.0 Å². The molecule has 0 spiro atoms. The monoisotopic (exact) mass is 496 g/mol. The van der Waals surface area contributed by atoms with Crippen LogP contribution in [-0.4, -0.2) is 18.5 Å². The molecule has 2 heterocycles. The number of esters is 1. The average Bonchev–Trinajstić information content (AvgIpc) is 3.08. The smallest absolute Gasteiger partial charge is 0.343 e. The van der Waals surface area contributed by atoms with Crippen molar-refractivity contribution in [3.05, 3.63) is 92.9 Å². The maximum absolute atomic E-state index is 13.4. The molecule has 0 bridgehead atoms. The molecule has 0 aromatic heterocycles. The van der Waals surface area contributed by atoms with Gasteiger partial charge in [-0.15, -0.1) is 0 Å². The van der Waals surface area contributed by atoms with Gasteiger partial charge in [0.15, 0.2) is 12.6 Å². The van der Waals surface area contributed by atoms with E-state index in [2.05, 4.69) is 15.9 Å². The molecule has 5 rings (SSSR count). The fourth-order valence-electron chi connectivity index (χ4n) is 3.47. The highest BCUT2D eigenvalue weighted by Crippen LogP contribution is 2.38. The number of ether oxygens (including phenoxy) is 4. The van der Waals surface area contributed by atoms with Crippen LogP contribution in [0, 0.1) is 5.82 Å². The van der Waals surface area contributed by atoms with Crippen LogP contribution in [0.3, 0.4) is 0 Å².